The Kier molecular flexibility index (Phi) is 6.61. The Morgan fingerprint density at radius 1 is 1.22 bits per heavy atom. The summed E-state index contributed by atoms with van der Waals surface area (Å²) in [4.78, 5) is 12.5. The summed E-state index contributed by atoms with van der Waals surface area (Å²) >= 11 is 0. The molecule has 0 aliphatic carbocycles. The average molecular weight is 527 g/mol. The van der Waals surface area contributed by atoms with E-state index < -0.39 is 16.1 Å². The molecule has 1 fully saturated rings. The van der Waals surface area contributed by atoms with Crippen molar-refractivity contribution in [2.75, 3.05) is 30.2 Å². The van der Waals surface area contributed by atoms with Gasteiger partial charge in [-0.25, -0.2) is 13.2 Å². The molecular formula is C24H26N6O6S. The Labute approximate surface area is 212 Å². The van der Waals surface area contributed by atoms with Crippen molar-refractivity contribution in [3.8, 4) is 5.75 Å². The molecule has 2 aromatic carbocycles. The lowest BCUT2D eigenvalue weighted by atomic mass is 10.1. The number of amides is 1. The van der Waals surface area contributed by atoms with Crippen LogP contribution in [-0.4, -0.2) is 65.7 Å². The number of methoxy groups -OCH3 is 1. The van der Waals surface area contributed by atoms with Crippen molar-refractivity contribution in [3.63, 3.8) is 0 Å². The van der Waals surface area contributed by atoms with E-state index >= 15 is 0 Å². The van der Waals surface area contributed by atoms with Gasteiger partial charge in [-0.3, -0.25) is 9.40 Å². The second-order valence-electron chi connectivity index (χ2n) is 8.73. The van der Waals surface area contributed by atoms with Crippen LogP contribution < -0.4 is 14.8 Å². The highest BCUT2D eigenvalue weighted by Gasteiger charge is 2.24. The van der Waals surface area contributed by atoms with Gasteiger partial charge in [0.05, 0.1) is 18.6 Å². The van der Waals surface area contributed by atoms with Crippen molar-refractivity contribution in [2.45, 2.75) is 30.3 Å². The number of ether oxygens (including phenoxy) is 1. The largest absolute Gasteiger partial charge is 0.496 e. The van der Waals surface area contributed by atoms with Crippen molar-refractivity contribution in [2.24, 2.45) is 0 Å². The van der Waals surface area contributed by atoms with Crippen molar-refractivity contribution in [3.05, 3.63) is 60.4 Å². The predicted octanol–water partition coefficient (Wildman–Crippen LogP) is 3.44. The molecule has 37 heavy (non-hydrogen) atoms. The Morgan fingerprint density at radius 3 is 2.73 bits per heavy atom. The quantitative estimate of drug-likeness (QED) is 0.313. The molecule has 194 valence electrons. The minimum atomic E-state index is -4.00. The van der Waals surface area contributed by atoms with Gasteiger partial charge in [0.1, 0.15) is 11.1 Å². The smallest absolute Gasteiger partial charge is 0.407 e. The summed E-state index contributed by atoms with van der Waals surface area (Å²) < 4.78 is 41.7. The van der Waals surface area contributed by atoms with Crippen molar-refractivity contribution < 1.29 is 27.6 Å². The summed E-state index contributed by atoms with van der Waals surface area (Å²) in [5, 5.41) is 21.0. The number of piperidine rings is 1. The van der Waals surface area contributed by atoms with E-state index in [4.69, 9.17) is 14.4 Å². The molecule has 0 bridgehead atoms. The Bertz CT molecular complexity index is 1510. The summed E-state index contributed by atoms with van der Waals surface area (Å²) in [5.41, 5.74) is 1.86. The van der Waals surface area contributed by atoms with Crippen LogP contribution >= 0.6 is 0 Å². The Morgan fingerprint density at radius 2 is 2.03 bits per heavy atom. The number of hydrogen-bond acceptors (Lipinski definition) is 8. The van der Waals surface area contributed by atoms with Gasteiger partial charge in [-0.2, -0.15) is 5.10 Å². The van der Waals surface area contributed by atoms with Gasteiger partial charge in [-0.15, -0.1) is 0 Å². The molecule has 0 unspecified atom stereocenters. The van der Waals surface area contributed by atoms with Crippen LogP contribution in [0.1, 0.15) is 18.4 Å². The number of carbonyl (C=O) groups is 1. The fourth-order valence-electron chi connectivity index (χ4n) is 4.38. The van der Waals surface area contributed by atoms with Crippen LogP contribution in [0.15, 0.2) is 64.3 Å². The van der Waals surface area contributed by atoms with Crippen LogP contribution in [0.3, 0.4) is 0 Å². The zero-order valence-electron chi connectivity index (χ0n) is 20.0. The molecule has 0 spiro atoms. The van der Waals surface area contributed by atoms with Crippen LogP contribution in [0.2, 0.25) is 0 Å². The zero-order chi connectivity index (χ0) is 26.0. The molecular weight excluding hydrogens is 500 g/mol. The number of aromatic nitrogens is 3. The van der Waals surface area contributed by atoms with E-state index in [1.54, 1.807) is 35.1 Å². The van der Waals surface area contributed by atoms with Gasteiger partial charge in [-0.05, 0) is 54.8 Å². The molecule has 0 saturated carbocycles. The highest BCUT2D eigenvalue weighted by molar-refractivity contribution is 7.92. The molecule has 1 aliphatic rings. The highest BCUT2D eigenvalue weighted by Crippen LogP contribution is 2.35. The lowest BCUT2D eigenvalue weighted by Crippen LogP contribution is -2.41. The monoisotopic (exact) mass is 526 g/mol. The average Bonchev–Trinajstić information content (AvgIpc) is 3.54. The Balaban J connectivity index is 1.34. The maximum atomic E-state index is 13.2. The third-order valence-electron chi connectivity index (χ3n) is 6.23. The first-order valence-corrected chi connectivity index (χ1v) is 13.1. The summed E-state index contributed by atoms with van der Waals surface area (Å²) in [7, 11) is -2.51. The van der Waals surface area contributed by atoms with Crippen molar-refractivity contribution in [1.29, 1.82) is 0 Å². The number of anilines is 2. The molecule has 3 N–H and O–H groups in total. The number of hydrogen-bond donors (Lipinski definition) is 3. The molecule has 3 heterocycles. The summed E-state index contributed by atoms with van der Waals surface area (Å²) in [6.45, 7) is 1.34. The normalized spacial score (nSPS) is 14.6. The number of sulfonamides is 1. The molecule has 2 aromatic heterocycles. The molecule has 12 nitrogen and oxygen atoms in total. The number of fused-ring (bicyclic) bond motifs is 1. The molecule has 1 amide bonds. The Hall–Kier alpha value is -4.26. The number of benzene rings is 2. The molecule has 1 aliphatic heterocycles. The maximum Gasteiger partial charge on any atom is 0.407 e. The van der Waals surface area contributed by atoms with Gasteiger partial charge < -0.3 is 24.6 Å². The molecule has 1 saturated heterocycles. The van der Waals surface area contributed by atoms with Crippen LogP contribution in [-0.2, 0) is 16.6 Å². The highest BCUT2D eigenvalue weighted by atomic mass is 32.2. The van der Waals surface area contributed by atoms with E-state index in [1.807, 2.05) is 12.3 Å². The van der Waals surface area contributed by atoms with Crippen molar-refractivity contribution in [1.82, 2.24) is 19.8 Å². The van der Waals surface area contributed by atoms with Crippen LogP contribution in [0.5, 0.6) is 5.75 Å². The molecule has 4 aromatic rings. The fourth-order valence-corrected chi connectivity index (χ4v) is 5.43. The van der Waals surface area contributed by atoms with Crippen LogP contribution in [0.4, 0.5) is 16.3 Å². The SMILES string of the molecule is COc1cc(Cn2cccn2)cc2onc(NS(=O)(=O)c3cccc(NC4CCN(C(=O)O)CC4)c3)c12. The lowest BCUT2D eigenvalue weighted by molar-refractivity contribution is 0.134. The summed E-state index contributed by atoms with van der Waals surface area (Å²) in [5.74, 6) is 0.443. The molecule has 5 rings (SSSR count). The number of carboxylic acid groups (broad SMARTS) is 1. The van der Waals surface area contributed by atoms with E-state index in [9.17, 15) is 13.2 Å². The van der Waals surface area contributed by atoms with Gasteiger partial charge in [0.2, 0.25) is 0 Å². The predicted molar refractivity (Wildman–Crippen MR) is 135 cm³/mol. The van der Waals surface area contributed by atoms with E-state index in [-0.39, 0.29) is 16.8 Å². The minimum absolute atomic E-state index is 0.0249. The van der Waals surface area contributed by atoms with E-state index in [1.165, 1.54) is 24.1 Å². The lowest BCUT2D eigenvalue weighted by Gasteiger charge is -2.31. The van der Waals surface area contributed by atoms with E-state index in [2.05, 4.69) is 20.3 Å². The summed E-state index contributed by atoms with van der Waals surface area (Å²) in [6, 6.07) is 11.9. The van der Waals surface area contributed by atoms with Gasteiger partial charge in [-0.1, -0.05) is 11.2 Å². The molecule has 13 heteroatoms. The van der Waals surface area contributed by atoms with Gasteiger partial charge in [0, 0.05) is 37.2 Å². The van der Waals surface area contributed by atoms with Gasteiger partial charge >= 0.3 is 6.09 Å². The van der Waals surface area contributed by atoms with E-state index in [0.717, 1.165) is 5.56 Å². The number of rotatable bonds is 8. The van der Waals surface area contributed by atoms with E-state index in [0.29, 0.717) is 54.9 Å². The third-order valence-corrected chi connectivity index (χ3v) is 7.57. The van der Waals surface area contributed by atoms with Gasteiger partial charge in [0.15, 0.2) is 11.4 Å². The first-order valence-electron chi connectivity index (χ1n) is 11.6. The molecule has 0 atom stereocenters. The maximum absolute atomic E-state index is 13.2. The topological polar surface area (TPSA) is 152 Å². The summed E-state index contributed by atoms with van der Waals surface area (Å²) in [6.07, 6.45) is 3.86. The minimum Gasteiger partial charge on any atom is -0.496 e. The van der Waals surface area contributed by atoms with Crippen molar-refractivity contribution >= 4 is 38.6 Å². The number of nitrogens with zero attached hydrogens (tertiary/aromatic N) is 4. The second-order valence-corrected chi connectivity index (χ2v) is 10.4. The zero-order valence-corrected chi connectivity index (χ0v) is 20.8. The standard InChI is InChI=1S/C24H26N6O6S/c1-35-20-12-16(15-30-9-3-8-25-30)13-21-22(20)23(27-36-21)28-37(33,34)19-5-2-4-18(14-19)26-17-6-10-29(11-7-17)24(31)32/h2-5,8-9,12-14,17,26H,6-7,10-11,15H2,1H3,(H,27,28)(H,31,32). The number of nitrogens with one attached hydrogen (secondary N) is 2. The van der Waals surface area contributed by atoms with Crippen LogP contribution in [0, 0.1) is 0 Å². The first-order chi connectivity index (χ1) is 17.8. The third kappa shape index (κ3) is 5.31. The fraction of sp³-hybridized carbons (Fsp3) is 0.292. The second kappa shape index (κ2) is 10.0. The van der Waals surface area contributed by atoms with Gasteiger partial charge in [0.25, 0.3) is 10.0 Å². The first kappa shape index (κ1) is 24.4. The number of likely N-dealkylation sites (tertiary alicyclic amines) is 1. The van der Waals surface area contributed by atoms with Crippen LogP contribution in [0.25, 0.3) is 11.0 Å². The molecule has 0 radical (unpaired) electrons.